The van der Waals surface area contributed by atoms with Gasteiger partial charge in [0.25, 0.3) is 17.5 Å². The van der Waals surface area contributed by atoms with Crippen LogP contribution in [0.5, 0.6) is 5.75 Å². The van der Waals surface area contributed by atoms with E-state index in [9.17, 15) is 24.5 Å². The Hall–Kier alpha value is -4.40. The van der Waals surface area contributed by atoms with Gasteiger partial charge in [-0.15, -0.1) is 11.3 Å². The Morgan fingerprint density at radius 3 is 2.43 bits per heavy atom. The van der Waals surface area contributed by atoms with Gasteiger partial charge in [-0.25, -0.2) is 9.78 Å². The van der Waals surface area contributed by atoms with Crippen molar-refractivity contribution in [2.24, 2.45) is 0 Å². The van der Waals surface area contributed by atoms with Gasteiger partial charge in [-0.2, -0.15) is 0 Å². The van der Waals surface area contributed by atoms with Crippen molar-refractivity contribution >= 4 is 66.6 Å². The van der Waals surface area contributed by atoms with Crippen LogP contribution in [0.2, 0.25) is 0 Å². The minimum Gasteiger partial charge on any atom is -0.484 e. The minimum atomic E-state index is -0.925. The van der Waals surface area contributed by atoms with Crippen molar-refractivity contribution in [2.75, 3.05) is 6.61 Å². The standard InChI is InChI=1S/C30H26N4O7S3/c1-18(2)26(29(37)41-16-19-12-14-20(15-13-19)34(38)39)33-27(36)25(32-24(35)17-40-21-8-4-3-5-9-21)28(33)43-44-30-31-22-10-6-7-11-23(22)42-30/h3-15,25,28H,16-17H2,1-2H3,(H,32,35)/t25-,28-/m0/s1. The number of carbonyl (C=O) groups is 3. The number of thiazole rings is 1. The van der Waals surface area contributed by atoms with Crippen molar-refractivity contribution in [2.45, 2.75) is 36.2 Å². The first kappa shape index (κ1) is 31.0. The molecule has 44 heavy (non-hydrogen) atoms. The molecular formula is C30H26N4O7S3. The number of para-hydroxylation sites is 2. The number of rotatable bonds is 12. The van der Waals surface area contributed by atoms with E-state index in [0.717, 1.165) is 14.6 Å². The number of likely N-dealkylation sites (tertiary alicyclic amines) is 1. The second-order valence-electron chi connectivity index (χ2n) is 9.72. The van der Waals surface area contributed by atoms with Gasteiger partial charge in [0.2, 0.25) is 0 Å². The Labute approximate surface area is 264 Å². The van der Waals surface area contributed by atoms with Crippen LogP contribution in [-0.2, 0) is 25.7 Å². The number of benzene rings is 3. The first-order valence-electron chi connectivity index (χ1n) is 13.3. The van der Waals surface area contributed by atoms with E-state index in [-0.39, 0.29) is 24.6 Å². The molecule has 0 bridgehead atoms. The molecule has 226 valence electrons. The Morgan fingerprint density at radius 2 is 1.75 bits per heavy atom. The molecule has 0 saturated carbocycles. The molecule has 3 aromatic carbocycles. The predicted octanol–water partition coefficient (Wildman–Crippen LogP) is 5.71. The Morgan fingerprint density at radius 1 is 1.05 bits per heavy atom. The Balaban J connectivity index is 1.31. The van der Waals surface area contributed by atoms with Gasteiger partial charge in [0.15, 0.2) is 10.9 Å². The van der Waals surface area contributed by atoms with Crippen LogP contribution in [0.4, 0.5) is 5.69 Å². The van der Waals surface area contributed by atoms with Gasteiger partial charge in [0.1, 0.15) is 29.5 Å². The Bertz CT molecular complexity index is 1690. The lowest BCUT2D eigenvalue weighted by Gasteiger charge is -2.46. The molecule has 5 rings (SSSR count). The zero-order valence-corrected chi connectivity index (χ0v) is 25.9. The number of esters is 1. The third-order valence-electron chi connectivity index (χ3n) is 6.39. The van der Waals surface area contributed by atoms with E-state index in [1.807, 2.05) is 30.3 Å². The van der Waals surface area contributed by atoms with Gasteiger partial charge in [-0.05, 0) is 72.2 Å². The number of nitro benzene ring substituents is 1. The monoisotopic (exact) mass is 650 g/mol. The minimum absolute atomic E-state index is 0.0605. The summed E-state index contributed by atoms with van der Waals surface area (Å²) in [7, 11) is 2.65. The number of hydrogen-bond acceptors (Lipinski definition) is 11. The highest BCUT2D eigenvalue weighted by Gasteiger charge is 2.52. The maximum atomic E-state index is 13.5. The number of allylic oxidation sites excluding steroid dienone is 1. The molecule has 0 spiro atoms. The third-order valence-corrected chi connectivity index (χ3v) is 10.4. The number of ether oxygens (including phenoxy) is 2. The van der Waals surface area contributed by atoms with E-state index in [4.69, 9.17) is 9.47 Å². The summed E-state index contributed by atoms with van der Waals surface area (Å²) < 4.78 is 12.8. The molecule has 2 amide bonds. The molecule has 11 nitrogen and oxygen atoms in total. The molecule has 14 heteroatoms. The lowest BCUT2D eigenvalue weighted by molar-refractivity contribution is -0.384. The maximum Gasteiger partial charge on any atom is 0.355 e. The number of fused-ring (bicyclic) bond motifs is 1. The van der Waals surface area contributed by atoms with E-state index in [2.05, 4.69) is 10.3 Å². The maximum absolute atomic E-state index is 13.5. The highest BCUT2D eigenvalue weighted by molar-refractivity contribution is 8.77. The number of nitro groups is 1. The number of hydrogen-bond donors (Lipinski definition) is 1. The summed E-state index contributed by atoms with van der Waals surface area (Å²) in [6, 6.07) is 21.3. The van der Waals surface area contributed by atoms with Crippen LogP contribution in [0.3, 0.4) is 0 Å². The smallest absolute Gasteiger partial charge is 0.355 e. The fourth-order valence-corrected chi connectivity index (χ4v) is 8.18. The fourth-order valence-electron chi connectivity index (χ4n) is 4.27. The molecule has 2 atom stereocenters. The van der Waals surface area contributed by atoms with E-state index in [1.165, 1.54) is 62.1 Å². The van der Waals surface area contributed by atoms with E-state index in [1.54, 1.807) is 38.1 Å². The fraction of sp³-hybridized carbons (Fsp3) is 0.200. The van der Waals surface area contributed by atoms with E-state index >= 15 is 0 Å². The van der Waals surface area contributed by atoms with Crippen molar-refractivity contribution in [3.8, 4) is 5.75 Å². The second kappa shape index (κ2) is 13.9. The van der Waals surface area contributed by atoms with Crippen LogP contribution in [0.1, 0.15) is 19.4 Å². The van der Waals surface area contributed by atoms with Gasteiger partial charge in [0, 0.05) is 12.1 Å². The van der Waals surface area contributed by atoms with Crippen LogP contribution in [0.25, 0.3) is 10.2 Å². The summed E-state index contributed by atoms with van der Waals surface area (Å²) in [6.07, 6.45) is 0. The molecule has 1 aromatic heterocycles. The predicted molar refractivity (Wildman–Crippen MR) is 169 cm³/mol. The van der Waals surface area contributed by atoms with Crippen molar-refractivity contribution in [3.63, 3.8) is 0 Å². The highest BCUT2D eigenvalue weighted by atomic mass is 33.1. The molecule has 1 aliphatic heterocycles. The van der Waals surface area contributed by atoms with Gasteiger partial charge in [0.05, 0.1) is 15.1 Å². The summed E-state index contributed by atoms with van der Waals surface area (Å²) in [5, 5.41) is 13.0. The lowest BCUT2D eigenvalue weighted by Crippen LogP contribution is -2.69. The van der Waals surface area contributed by atoms with E-state index in [0.29, 0.717) is 16.9 Å². The third kappa shape index (κ3) is 7.21. The molecule has 2 heterocycles. The van der Waals surface area contributed by atoms with Gasteiger partial charge < -0.3 is 14.8 Å². The van der Waals surface area contributed by atoms with Crippen LogP contribution in [-0.4, -0.2) is 50.6 Å². The number of non-ortho nitro benzene ring substituents is 1. The largest absolute Gasteiger partial charge is 0.484 e. The summed E-state index contributed by atoms with van der Waals surface area (Å²) in [4.78, 5) is 56.0. The van der Waals surface area contributed by atoms with Crippen molar-refractivity contribution < 1.29 is 28.8 Å². The number of aromatic nitrogens is 1. The van der Waals surface area contributed by atoms with Crippen LogP contribution < -0.4 is 10.1 Å². The molecule has 0 radical (unpaired) electrons. The van der Waals surface area contributed by atoms with Gasteiger partial charge in [-0.1, -0.05) is 41.1 Å². The highest BCUT2D eigenvalue weighted by Crippen LogP contribution is 2.45. The number of nitrogens with zero attached hydrogens (tertiary/aromatic N) is 3. The SMILES string of the molecule is CC(C)=C(C(=O)OCc1ccc([N+](=O)[O-])cc1)N1C(=O)[C@H](NC(=O)COc2ccccc2)[C@@H]1SSc1nc2ccccc2s1. The summed E-state index contributed by atoms with van der Waals surface area (Å²) in [6.45, 7) is 2.95. The second-order valence-corrected chi connectivity index (χ2v) is 13.3. The Kier molecular flexibility index (Phi) is 9.82. The number of β-lactam (4-membered cyclic amide) rings is 1. The van der Waals surface area contributed by atoms with Gasteiger partial charge in [-0.3, -0.25) is 24.6 Å². The number of nitrogens with one attached hydrogen (secondary N) is 1. The van der Waals surface area contributed by atoms with Crippen molar-refractivity contribution in [3.05, 3.63) is 106 Å². The molecule has 0 unspecified atom stereocenters. The quantitative estimate of drug-likeness (QED) is 0.0506. The van der Waals surface area contributed by atoms with Crippen LogP contribution in [0, 0.1) is 10.1 Å². The molecule has 1 N–H and O–H groups in total. The van der Waals surface area contributed by atoms with Crippen LogP contribution >= 0.6 is 32.9 Å². The van der Waals surface area contributed by atoms with Crippen LogP contribution in [0.15, 0.2) is 94.5 Å². The van der Waals surface area contributed by atoms with Gasteiger partial charge >= 0.3 is 5.97 Å². The average Bonchev–Trinajstić information content (AvgIpc) is 3.45. The molecule has 1 fully saturated rings. The lowest BCUT2D eigenvalue weighted by atomic mass is 10.0. The van der Waals surface area contributed by atoms with Crippen molar-refractivity contribution in [1.29, 1.82) is 0 Å². The zero-order valence-electron chi connectivity index (χ0n) is 23.5. The normalized spacial score (nSPS) is 15.8. The molecule has 4 aromatic rings. The summed E-state index contributed by atoms with van der Waals surface area (Å²) in [5.41, 5.74) is 1.92. The molecule has 1 saturated heterocycles. The summed E-state index contributed by atoms with van der Waals surface area (Å²) >= 11 is 1.50. The summed E-state index contributed by atoms with van der Waals surface area (Å²) in [5.74, 6) is -1.17. The van der Waals surface area contributed by atoms with E-state index < -0.39 is 34.1 Å². The van der Waals surface area contributed by atoms with Crippen molar-refractivity contribution in [1.82, 2.24) is 15.2 Å². The first-order chi connectivity index (χ1) is 21.2. The number of amides is 2. The molecular weight excluding hydrogens is 625 g/mol. The zero-order chi connectivity index (χ0) is 31.2. The molecule has 0 aliphatic carbocycles. The first-order valence-corrected chi connectivity index (χ1v) is 16.3. The number of carbonyl (C=O) groups excluding carboxylic acids is 3. The topological polar surface area (TPSA) is 141 Å². The average molecular weight is 651 g/mol. The molecule has 1 aliphatic rings.